The molecule has 1 saturated heterocycles. The largest absolute Gasteiger partial charge is 0.472 e. The molecule has 1 aliphatic rings. The molecule has 0 aliphatic carbocycles. The number of pyridine rings is 1. The molecule has 0 radical (unpaired) electrons. The zero-order valence-electron chi connectivity index (χ0n) is 10.4. The highest BCUT2D eigenvalue weighted by atomic mass is 19.4. The van der Waals surface area contributed by atoms with Gasteiger partial charge >= 0.3 is 6.18 Å². The second-order valence-corrected chi connectivity index (χ2v) is 4.28. The normalized spacial score (nSPS) is 18.9. The van der Waals surface area contributed by atoms with Crippen LogP contribution in [0, 0.1) is 0 Å². The van der Waals surface area contributed by atoms with Gasteiger partial charge in [-0.15, -0.1) is 0 Å². The average molecular weight is 290 g/mol. The average Bonchev–Trinajstić information content (AvgIpc) is 2.88. The van der Waals surface area contributed by atoms with E-state index in [9.17, 15) is 18.0 Å². The molecule has 0 saturated carbocycles. The Hall–Kier alpha value is -1.83. The van der Waals surface area contributed by atoms with E-state index < -0.39 is 18.6 Å². The number of hydrogen-bond donors (Lipinski definition) is 1. The second-order valence-electron chi connectivity index (χ2n) is 4.28. The van der Waals surface area contributed by atoms with Gasteiger partial charge in [0.15, 0.2) is 0 Å². The smallest absolute Gasteiger partial charge is 0.405 e. The maximum Gasteiger partial charge on any atom is 0.405 e. The Labute approximate surface area is 113 Å². The van der Waals surface area contributed by atoms with Crippen LogP contribution in [0.15, 0.2) is 18.3 Å². The molecule has 1 atom stereocenters. The van der Waals surface area contributed by atoms with E-state index in [1.807, 2.05) is 0 Å². The summed E-state index contributed by atoms with van der Waals surface area (Å²) < 4.78 is 46.6. The van der Waals surface area contributed by atoms with Crippen molar-refractivity contribution >= 4 is 5.91 Å². The van der Waals surface area contributed by atoms with Gasteiger partial charge in [0.2, 0.25) is 5.88 Å². The maximum absolute atomic E-state index is 12.0. The van der Waals surface area contributed by atoms with Gasteiger partial charge in [0.05, 0.1) is 13.2 Å². The molecular weight excluding hydrogens is 277 g/mol. The number of ether oxygens (including phenoxy) is 2. The van der Waals surface area contributed by atoms with Crippen LogP contribution in [0.3, 0.4) is 0 Å². The summed E-state index contributed by atoms with van der Waals surface area (Å²) in [5.74, 6) is -0.627. The lowest BCUT2D eigenvalue weighted by atomic mass is 10.2. The number of rotatable bonds is 4. The van der Waals surface area contributed by atoms with Crippen LogP contribution in [0.1, 0.15) is 16.8 Å². The molecule has 1 aliphatic heterocycles. The van der Waals surface area contributed by atoms with Crippen molar-refractivity contribution in [1.29, 1.82) is 0 Å². The van der Waals surface area contributed by atoms with Gasteiger partial charge in [-0.05, 0) is 6.07 Å². The molecule has 0 aromatic carbocycles. The quantitative estimate of drug-likeness (QED) is 0.914. The fourth-order valence-corrected chi connectivity index (χ4v) is 1.67. The SMILES string of the molecule is O=C(NCC(F)(F)F)c1ccnc(O[C@H]2CCOC2)c1. The number of hydrogen-bond acceptors (Lipinski definition) is 4. The van der Waals surface area contributed by atoms with Crippen molar-refractivity contribution in [3.05, 3.63) is 23.9 Å². The molecule has 5 nitrogen and oxygen atoms in total. The molecule has 1 fully saturated rings. The number of nitrogens with one attached hydrogen (secondary N) is 1. The Morgan fingerprint density at radius 1 is 1.55 bits per heavy atom. The van der Waals surface area contributed by atoms with E-state index in [1.54, 1.807) is 5.32 Å². The van der Waals surface area contributed by atoms with Crippen LogP contribution < -0.4 is 10.1 Å². The molecule has 20 heavy (non-hydrogen) atoms. The van der Waals surface area contributed by atoms with Gasteiger partial charge in [0.1, 0.15) is 12.6 Å². The number of carbonyl (C=O) groups is 1. The standard InChI is InChI=1S/C12H13F3N2O3/c13-12(14,15)7-17-11(18)8-1-3-16-10(5-8)20-9-2-4-19-6-9/h1,3,5,9H,2,4,6-7H2,(H,17,18)/t9-/m0/s1. The molecule has 2 rings (SSSR count). The number of aromatic nitrogens is 1. The van der Waals surface area contributed by atoms with E-state index in [-0.39, 0.29) is 17.5 Å². The number of nitrogens with zero attached hydrogens (tertiary/aromatic N) is 1. The Bertz CT molecular complexity index is 473. The minimum Gasteiger partial charge on any atom is -0.472 e. The highest BCUT2D eigenvalue weighted by Crippen LogP contribution is 2.16. The van der Waals surface area contributed by atoms with Crippen molar-refractivity contribution in [3.63, 3.8) is 0 Å². The monoisotopic (exact) mass is 290 g/mol. The summed E-state index contributed by atoms with van der Waals surface area (Å²) >= 11 is 0. The lowest BCUT2D eigenvalue weighted by Gasteiger charge is -2.12. The first kappa shape index (κ1) is 14.6. The Morgan fingerprint density at radius 3 is 3.00 bits per heavy atom. The summed E-state index contributed by atoms with van der Waals surface area (Å²) in [5, 5.41) is 1.79. The molecule has 2 heterocycles. The predicted molar refractivity (Wildman–Crippen MR) is 62.5 cm³/mol. The van der Waals surface area contributed by atoms with Crippen molar-refractivity contribution in [2.24, 2.45) is 0 Å². The molecular formula is C12H13F3N2O3. The first-order valence-corrected chi connectivity index (χ1v) is 5.99. The third-order valence-electron chi connectivity index (χ3n) is 2.62. The van der Waals surface area contributed by atoms with E-state index in [2.05, 4.69) is 4.98 Å². The summed E-state index contributed by atoms with van der Waals surface area (Å²) in [4.78, 5) is 15.5. The fourth-order valence-electron chi connectivity index (χ4n) is 1.67. The topological polar surface area (TPSA) is 60.5 Å². The first-order chi connectivity index (χ1) is 9.44. The van der Waals surface area contributed by atoms with E-state index >= 15 is 0 Å². The Kier molecular flexibility index (Phi) is 4.43. The van der Waals surface area contributed by atoms with Crippen molar-refractivity contribution < 1.29 is 27.4 Å². The molecule has 110 valence electrons. The van der Waals surface area contributed by atoms with E-state index in [1.165, 1.54) is 18.3 Å². The molecule has 0 bridgehead atoms. The van der Waals surface area contributed by atoms with Gasteiger partial charge in [-0.3, -0.25) is 4.79 Å². The zero-order valence-corrected chi connectivity index (χ0v) is 10.4. The second kappa shape index (κ2) is 6.08. The Morgan fingerprint density at radius 2 is 2.35 bits per heavy atom. The van der Waals surface area contributed by atoms with Crippen molar-refractivity contribution in [3.8, 4) is 5.88 Å². The molecule has 1 amide bonds. The van der Waals surface area contributed by atoms with E-state index in [0.29, 0.717) is 19.6 Å². The van der Waals surface area contributed by atoms with Crippen LogP contribution in [-0.2, 0) is 4.74 Å². The van der Waals surface area contributed by atoms with Crippen LogP contribution in [0.4, 0.5) is 13.2 Å². The number of halogens is 3. The van der Waals surface area contributed by atoms with Gasteiger partial charge in [-0.2, -0.15) is 13.2 Å². The maximum atomic E-state index is 12.0. The summed E-state index contributed by atoms with van der Waals surface area (Å²) in [6.45, 7) is -0.344. The zero-order chi connectivity index (χ0) is 14.6. The van der Waals surface area contributed by atoms with Crippen LogP contribution in [0.5, 0.6) is 5.88 Å². The van der Waals surface area contributed by atoms with Crippen molar-refractivity contribution in [1.82, 2.24) is 10.3 Å². The Balaban J connectivity index is 1.96. The third kappa shape index (κ3) is 4.37. The van der Waals surface area contributed by atoms with Gasteiger partial charge in [0.25, 0.3) is 5.91 Å². The highest BCUT2D eigenvalue weighted by molar-refractivity contribution is 5.94. The van der Waals surface area contributed by atoms with Crippen molar-refractivity contribution in [2.45, 2.75) is 18.7 Å². The number of carbonyl (C=O) groups excluding carboxylic acids is 1. The van der Waals surface area contributed by atoms with Gasteiger partial charge < -0.3 is 14.8 Å². The summed E-state index contributed by atoms with van der Waals surface area (Å²) in [6.07, 6.45) is -2.56. The van der Waals surface area contributed by atoms with Crippen molar-refractivity contribution in [2.75, 3.05) is 19.8 Å². The van der Waals surface area contributed by atoms with Gasteiger partial charge in [-0.25, -0.2) is 4.98 Å². The van der Waals surface area contributed by atoms with E-state index in [4.69, 9.17) is 9.47 Å². The van der Waals surface area contributed by atoms with Crippen LogP contribution in [0.2, 0.25) is 0 Å². The molecule has 0 unspecified atom stereocenters. The fraction of sp³-hybridized carbons (Fsp3) is 0.500. The van der Waals surface area contributed by atoms with Crippen LogP contribution in [0.25, 0.3) is 0 Å². The summed E-state index contributed by atoms with van der Waals surface area (Å²) in [7, 11) is 0. The first-order valence-electron chi connectivity index (χ1n) is 5.99. The van der Waals surface area contributed by atoms with E-state index in [0.717, 1.165) is 0 Å². The minimum atomic E-state index is -4.44. The van der Waals surface area contributed by atoms with Crippen LogP contribution in [-0.4, -0.2) is 42.9 Å². The molecule has 1 aromatic rings. The molecule has 1 N–H and O–H groups in total. The molecule has 8 heteroatoms. The van der Waals surface area contributed by atoms with Gasteiger partial charge in [-0.1, -0.05) is 0 Å². The lowest BCUT2D eigenvalue weighted by Crippen LogP contribution is -2.33. The highest BCUT2D eigenvalue weighted by Gasteiger charge is 2.28. The predicted octanol–water partition coefficient (Wildman–Crippen LogP) is 1.54. The number of amides is 1. The third-order valence-corrected chi connectivity index (χ3v) is 2.62. The summed E-state index contributed by atoms with van der Waals surface area (Å²) in [6, 6.07) is 2.63. The number of alkyl halides is 3. The van der Waals surface area contributed by atoms with Crippen LogP contribution >= 0.6 is 0 Å². The van der Waals surface area contributed by atoms with Gasteiger partial charge in [0, 0.05) is 24.2 Å². The lowest BCUT2D eigenvalue weighted by molar-refractivity contribution is -0.123. The summed E-state index contributed by atoms with van der Waals surface area (Å²) in [5.41, 5.74) is 0.0677. The molecule has 0 spiro atoms. The minimum absolute atomic E-state index is 0.0677. The molecule has 1 aromatic heterocycles.